The summed E-state index contributed by atoms with van der Waals surface area (Å²) in [6, 6.07) is 10.8. The van der Waals surface area contributed by atoms with Crippen LogP contribution < -0.4 is 4.90 Å². The summed E-state index contributed by atoms with van der Waals surface area (Å²) >= 11 is 0. The first kappa shape index (κ1) is 26.2. The molecule has 1 aliphatic rings. The Morgan fingerprint density at radius 3 is 2.22 bits per heavy atom. The van der Waals surface area contributed by atoms with Gasteiger partial charge in [0.25, 0.3) is 0 Å². The highest BCUT2D eigenvalue weighted by Gasteiger charge is 2.27. The molecule has 194 valence electrons. The third-order valence-electron chi connectivity index (χ3n) is 7.29. The van der Waals surface area contributed by atoms with Gasteiger partial charge in [-0.15, -0.1) is 0 Å². The maximum Gasteiger partial charge on any atom is 0.159 e. The molecule has 0 radical (unpaired) electrons. The Kier molecular flexibility index (Phi) is 8.36. The van der Waals surface area contributed by atoms with E-state index in [9.17, 15) is 13.2 Å². The van der Waals surface area contributed by atoms with Crippen molar-refractivity contribution < 1.29 is 13.2 Å². The first-order valence-electron chi connectivity index (χ1n) is 12.8. The molecule has 8 heteroatoms. The predicted octanol–water partition coefficient (Wildman–Crippen LogP) is 5.54. The molecule has 1 aliphatic heterocycles. The Hall–Kier alpha value is -2.84. The molecule has 2 aromatic carbocycles. The lowest BCUT2D eigenvalue weighted by Gasteiger charge is -2.37. The monoisotopic (exact) mass is 499 g/mol. The molecular formula is C28H36F3N5. The summed E-state index contributed by atoms with van der Waals surface area (Å²) in [7, 11) is 0. The lowest BCUT2D eigenvalue weighted by molar-refractivity contribution is 0.185. The minimum absolute atomic E-state index is 0.219. The molecule has 1 unspecified atom stereocenters. The van der Waals surface area contributed by atoms with Gasteiger partial charge in [-0.05, 0) is 68.8 Å². The molecular weight excluding hydrogens is 463 g/mol. The average molecular weight is 500 g/mol. The lowest BCUT2D eigenvalue weighted by Crippen LogP contribution is -2.47. The number of piperazine rings is 1. The summed E-state index contributed by atoms with van der Waals surface area (Å²) in [5, 5.41) is 4.90. The third-order valence-corrected chi connectivity index (χ3v) is 7.29. The number of rotatable bonds is 9. The second-order valence-electron chi connectivity index (χ2n) is 9.61. The van der Waals surface area contributed by atoms with Crippen molar-refractivity contribution in [3.8, 4) is 5.69 Å². The van der Waals surface area contributed by atoms with Gasteiger partial charge in [0, 0.05) is 50.9 Å². The van der Waals surface area contributed by atoms with Gasteiger partial charge in [0.15, 0.2) is 11.6 Å². The topological polar surface area (TPSA) is 27.5 Å². The van der Waals surface area contributed by atoms with E-state index in [-0.39, 0.29) is 11.9 Å². The molecule has 0 N–H and O–H groups in total. The number of hydrogen-bond acceptors (Lipinski definition) is 4. The van der Waals surface area contributed by atoms with Crippen molar-refractivity contribution in [1.29, 1.82) is 0 Å². The first-order valence-corrected chi connectivity index (χ1v) is 12.8. The molecule has 5 nitrogen and oxygen atoms in total. The van der Waals surface area contributed by atoms with Crippen molar-refractivity contribution in [1.82, 2.24) is 19.6 Å². The highest BCUT2D eigenvalue weighted by atomic mass is 19.2. The largest absolute Gasteiger partial charge is 0.354 e. The molecule has 1 atom stereocenters. The van der Waals surface area contributed by atoms with E-state index < -0.39 is 11.6 Å². The van der Waals surface area contributed by atoms with Crippen LogP contribution in [0.15, 0.2) is 42.5 Å². The van der Waals surface area contributed by atoms with Gasteiger partial charge in [-0.3, -0.25) is 4.90 Å². The van der Waals surface area contributed by atoms with Crippen LogP contribution in [0, 0.1) is 24.4 Å². The van der Waals surface area contributed by atoms with Crippen LogP contribution in [-0.2, 0) is 13.1 Å². The Morgan fingerprint density at radius 2 is 1.61 bits per heavy atom. The second-order valence-corrected chi connectivity index (χ2v) is 9.61. The fourth-order valence-electron chi connectivity index (χ4n) is 4.80. The molecule has 4 rings (SSSR count). The number of nitrogens with zero attached hydrogens (tertiary/aromatic N) is 5. The van der Waals surface area contributed by atoms with Crippen molar-refractivity contribution in [2.75, 3.05) is 37.6 Å². The van der Waals surface area contributed by atoms with Gasteiger partial charge in [-0.2, -0.15) is 5.10 Å². The molecule has 36 heavy (non-hydrogen) atoms. The van der Waals surface area contributed by atoms with Crippen LogP contribution >= 0.6 is 0 Å². The Morgan fingerprint density at radius 1 is 0.917 bits per heavy atom. The van der Waals surface area contributed by atoms with E-state index in [0.29, 0.717) is 13.1 Å². The normalized spacial score (nSPS) is 15.6. The number of aromatic nitrogens is 2. The van der Waals surface area contributed by atoms with E-state index in [1.807, 2.05) is 11.6 Å². The molecule has 1 fully saturated rings. The summed E-state index contributed by atoms with van der Waals surface area (Å²) in [5.74, 6) is -0.922. The van der Waals surface area contributed by atoms with Crippen LogP contribution in [-0.4, -0.2) is 58.3 Å². The summed E-state index contributed by atoms with van der Waals surface area (Å²) in [6.07, 6.45) is 0.916. The van der Waals surface area contributed by atoms with E-state index >= 15 is 0 Å². The van der Waals surface area contributed by atoms with Crippen LogP contribution in [0.5, 0.6) is 0 Å². The summed E-state index contributed by atoms with van der Waals surface area (Å²) in [6.45, 7) is 14.3. The van der Waals surface area contributed by atoms with Crippen molar-refractivity contribution in [2.24, 2.45) is 0 Å². The average Bonchev–Trinajstić information content (AvgIpc) is 3.21. The summed E-state index contributed by atoms with van der Waals surface area (Å²) in [5.41, 5.74) is 3.56. The van der Waals surface area contributed by atoms with Crippen molar-refractivity contribution in [2.45, 2.75) is 53.2 Å². The summed E-state index contributed by atoms with van der Waals surface area (Å²) in [4.78, 5) is 7.09. The van der Waals surface area contributed by atoms with E-state index in [0.717, 1.165) is 67.5 Å². The van der Waals surface area contributed by atoms with Crippen LogP contribution in [0.4, 0.5) is 19.0 Å². The predicted molar refractivity (Wildman–Crippen MR) is 138 cm³/mol. The SMILES string of the molecule is CCC(C)N(Cc1ccc(F)c(F)c1)Cc1c(C)nn(-c2ccc(F)cc2)c1N1CCN(CC)CC1. The number of benzene rings is 2. The zero-order valence-corrected chi connectivity index (χ0v) is 21.6. The number of hydrogen-bond donors (Lipinski definition) is 0. The minimum atomic E-state index is -0.834. The summed E-state index contributed by atoms with van der Waals surface area (Å²) < 4.78 is 43.1. The molecule has 0 bridgehead atoms. The molecule has 0 spiro atoms. The number of halogens is 3. The van der Waals surface area contributed by atoms with Crippen molar-refractivity contribution in [3.63, 3.8) is 0 Å². The van der Waals surface area contributed by atoms with Crippen molar-refractivity contribution >= 4 is 5.82 Å². The maximum atomic E-state index is 13.9. The van der Waals surface area contributed by atoms with Crippen LogP contribution in [0.2, 0.25) is 0 Å². The van der Waals surface area contributed by atoms with E-state index in [4.69, 9.17) is 5.10 Å². The third kappa shape index (κ3) is 5.76. The van der Waals surface area contributed by atoms with E-state index in [1.165, 1.54) is 24.3 Å². The second kappa shape index (κ2) is 11.5. The fourth-order valence-corrected chi connectivity index (χ4v) is 4.80. The molecule has 1 aromatic heterocycles. The van der Waals surface area contributed by atoms with Gasteiger partial charge < -0.3 is 9.80 Å². The number of anilines is 1. The zero-order chi connectivity index (χ0) is 25.8. The minimum Gasteiger partial charge on any atom is -0.354 e. The highest BCUT2D eigenvalue weighted by molar-refractivity contribution is 5.56. The van der Waals surface area contributed by atoms with E-state index in [2.05, 4.69) is 35.5 Å². The Labute approximate surface area is 212 Å². The van der Waals surface area contributed by atoms with E-state index in [1.54, 1.807) is 18.2 Å². The molecule has 0 aliphatic carbocycles. The fraction of sp³-hybridized carbons (Fsp3) is 0.464. The first-order chi connectivity index (χ1) is 17.3. The van der Waals surface area contributed by atoms with Crippen LogP contribution in [0.3, 0.4) is 0 Å². The molecule has 3 aromatic rings. The standard InChI is InChI=1S/C28H36F3N5/c1-5-20(3)35(18-22-7-12-26(30)27(31)17-22)19-25-21(4)32-36(24-10-8-23(29)9-11-24)28(25)34-15-13-33(6-2)14-16-34/h7-12,17,20H,5-6,13-16,18-19H2,1-4H3. The Balaban J connectivity index is 1.72. The molecule has 1 saturated heterocycles. The quantitative estimate of drug-likeness (QED) is 0.386. The maximum absolute atomic E-state index is 13.9. The molecule has 2 heterocycles. The highest BCUT2D eigenvalue weighted by Crippen LogP contribution is 2.31. The van der Waals surface area contributed by atoms with Gasteiger partial charge in [-0.25, -0.2) is 17.9 Å². The zero-order valence-electron chi connectivity index (χ0n) is 21.6. The molecule has 0 saturated carbocycles. The van der Waals surface area contributed by atoms with Gasteiger partial charge in [-0.1, -0.05) is 19.9 Å². The van der Waals surface area contributed by atoms with Gasteiger partial charge >= 0.3 is 0 Å². The number of likely N-dealkylation sites (N-methyl/N-ethyl adjacent to an activating group) is 1. The molecule has 0 amide bonds. The van der Waals surface area contributed by atoms with Crippen molar-refractivity contribution in [3.05, 3.63) is 76.7 Å². The van der Waals surface area contributed by atoms with Crippen LogP contribution in [0.25, 0.3) is 5.69 Å². The lowest BCUT2D eigenvalue weighted by atomic mass is 10.1. The van der Waals surface area contributed by atoms with Gasteiger partial charge in [0.1, 0.15) is 11.6 Å². The van der Waals surface area contributed by atoms with Gasteiger partial charge in [0.2, 0.25) is 0 Å². The Bertz CT molecular complexity index is 1150. The smallest absolute Gasteiger partial charge is 0.159 e. The van der Waals surface area contributed by atoms with Gasteiger partial charge in [0.05, 0.1) is 11.4 Å². The van der Waals surface area contributed by atoms with Crippen LogP contribution in [0.1, 0.15) is 44.0 Å². The number of aryl methyl sites for hydroxylation is 1.